The third kappa shape index (κ3) is 4.18. The molecule has 1 heterocycles. The van der Waals surface area contributed by atoms with E-state index in [1.54, 1.807) is 0 Å². The summed E-state index contributed by atoms with van der Waals surface area (Å²) in [6, 6.07) is 0. The molecule has 1 rings (SSSR count). The fourth-order valence-corrected chi connectivity index (χ4v) is 2.29. The quantitative estimate of drug-likeness (QED) is 0.802. The first-order valence-corrected chi connectivity index (χ1v) is 6.39. The van der Waals surface area contributed by atoms with Crippen LogP contribution in [-0.2, 0) is 22.7 Å². The van der Waals surface area contributed by atoms with Gasteiger partial charge in [-0.05, 0) is 5.56 Å². The predicted molar refractivity (Wildman–Crippen MR) is 55.2 cm³/mol. The fourth-order valence-electron chi connectivity index (χ4n) is 1.42. The third-order valence-corrected chi connectivity index (χ3v) is 3.03. The molecule has 0 spiro atoms. The lowest BCUT2D eigenvalue weighted by Gasteiger charge is -2.18. The van der Waals surface area contributed by atoms with Gasteiger partial charge >= 0.3 is 12.5 Å². The van der Waals surface area contributed by atoms with E-state index in [4.69, 9.17) is 5.73 Å². The minimum absolute atomic E-state index is 0.332. The summed E-state index contributed by atoms with van der Waals surface area (Å²) >= 11 is 0. The Morgan fingerprint density at radius 1 is 1.19 bits per heavy atom. The highest BCUT2D eigenvalue weighted by Crippen LogP contribution is 2.40. The van der Waals surface area contributed by atoms with Gasteiger partial charge in [0.05, 0.1) is 5.56 Å². The van der Waals surface area contributed by atoms with Crippen molar-refractivity contribution in [2.75, 3.05) is 0 Å². The molecule has 13 heteroatoms. The topological polar surface area (TPSA) is 108 Å². The van der Waals surface area contributed by atoms with Crippen molar-refractivity contribution in [1.82, 2.24) is 4.98 Å². The lowest BCUT2D eigenvalue weighted by Crippen LogP contribution is -2.26. The van der Waals surface area contributed by atoms with Crippen LogP contribution in [0.5, 0.6) is 5.88 Å². The molecule has 0 bridgehead atoms. The number of pyridine rings is 1. The van der Waals surface area contributed by atoms with Crippen molar-refractivity contribution < 1.29 is 39.5 Å². The molecule has 0 aliphatic heterocycles. The van der Waals surface area contributed by atoms with Crippen molar-refractivity contribution in [3.63, 3.8) is 0 Å². The van der Waals surface area contributed by atoms with Crippen LogP contribution in [0.3, 0.4) is 0 Å². The second-order valence-corrected chi connectivity index (χ2v) is 5.09. The zero-order chi connectivity index (χ0) is 16.6. The van der Waals surface area contributed by atoms with Crippen molar-refractivity contribution in [2.45, 2.75) is 24.0 Å². The smallest absolute Gasteiger partial charge is 0.386 e. The molecule has 21 heavy (non-hydrogen) atoms. The van der Waals surface area contributed by atoms with Crippen LogP contribution < -0.4 is 15.6 Å². The number of ether oxygens (including phenoxy) is 1. The molecular formula is C8H7F6N3O3S. The molecule has 0 atom stereocenters. The highest BCUT2D eigenvalue weighted by atomic mass is 32.2. The molecule has 4 N–H and O–H groups in total. The number of hydrogen-bond acceptors (Lipinski definition) is 5. The second kappa shape index (κ2) is 5.31. The average molecular weight is 339 g/mol. The first-order valence-electron chi connectivity index (χ1n) is 4.85. The molecule has 1 aromatic rings. The highest BCUT2D eigenvalue weighted by Gasteiger charge is 2.43. The van der Waals surface area contributed by atoms with Crippen LogP contribution in [0.2, 0.25) is 0 Å². The largest absolute Gasteiger partial charge is 0.574 e. The maximum Gasteiger partial charge on any atom is 0.574 e. The molecule has 0 amide bonds. The Bertz CT molecular complexity index is 640. The minimum atomic E-state index is -5.46. The molecule has 1 aromatic heterocycles. The Balaban J connectivity index is 3.78. The number of nitrogens with zero attached hydrogens (tertiary/aromatic N) is 1. The van der Waals surface area contributed by atoms with Gasteiger partial charge in [0.25, 0.3) is 0 Å². The number of alkyl halides is 6. The lowest BCUT2D eigenvalue weighted by atomic mass is 10.1. The van der Waals surface area contributed by atoms with E-state index in [0.717, 1.165) is 0 Å². The highest BCUT2D eigenvalue weighted by molar-refractivity contribution is 7.89. The van der Waals surface area contributed by atoms with Crippen LogP contribution in [-0.4, -0.2) is 19.8 Å². The first-order chi connectivity index (χ1) is 9.27. The van der Waals surface area contributed by atoms with Crippen molar-refractivity contribution in [3.05, 3.63) is 17.3 Å². The summed E-state index contributed by atoms with van der Waals surface area (Å²) in [6.45, 7) is -0.823. The summed E-state index contributed by atoms with van der Waals surface area (Å²) in [6.07, 6.45) is -10.5. The first kappa shape index (κ1) is 17.5. The van der Waals surface area contributed by atoms with Crippen molar-refractivity contribution in [2.24, 2.45) is 10.9 Å². The van der Waals surface area contributed by atoms with Gasteiger partial charge in [0, 0.05) is 12.7 Å². The van der Waals surface area contributed by atoms with E-state index in [1.165, 1.54) is 0 Å². The van der Waals surface area contributed by atoms with E-state index in [9.17, 15) is 34.8 Å². The van der Waals surface area contributed by atoms with E-state index in [2.05, 4.69) is 14.9 Å². The Morgan fingerprint density at radius 3 is 2.05 bits per heavy atom. The normalized spacial score (nSPS) is 13.3. The van der Waals surface area contributed by atoms with E-state index in [-0.39, 0.29) is 0 Å². The Hall–Kier alpha value is -1.60. The van der Waals surface area contributed by atoms with Gasteiger partial charge in [0.1, 0.15) is 0 Å². The minimum Gasteiger partial charge on any atom is -0.386 e. The Kier molecular flexibility index (Phi) is 4.41. The van der Waals surface area contributed by atoms with Crippen LogP contribution in [0.4, 0.5) is 26.3 Å². The van der Waals surface area contributed by atoms with E-state index >= 15 is 0 Å². The number of aromatic nitrogens is 1. The maximum atomic E-state index is 12.9. The summed E-state index contributed by atoms with van der Waals surface area (Å²) in [7, 11) is -5.22. The van der Waals surface area contributed by atoms with Crippen LogP contribution in [0.1, 0.15) is 11.1 Å². The van der Waals surface area contributed by atoms with E-state index in [1.807, 2.05) is 0 Å². The summed E-state index contributed by atoms with van der Waals surface area (Å²) in [5.74, 6) is -1.82. The van der Waals surface area contributed by atoms with Gasteiger partial charge in [0.2, 0.25) is 15.9 Å². The average Bonchev–Trinajstić information content (AvgIpc) is 2.23. The van der Waals surface area contributed by atoms with Crippen molar-refractivity contribution in [1.29, 1.82) is 0 Å². The SMILES string of the molecule is NCc1cnc(OC(F)(F)F)c(S(N)(=O)=O)c1C(F)(F)F. The van der Waals surface area contributed by atoms with Crippen molar-refractivity contribution >= 4 is 10.0 Å². The number of hydrogen-bond donors (Lipinski definition) is 2. The van der Waals surface area contributed by atoms with Gasteiger partial charge in [-0.1, -0.05) is 0 Å². The zero-order valence-corrected chi connectivity index (χ0v) is 10.6. The second-order valence-electron chi connectivity index (χ2n) is 3.59. The molecule has 6 nitrogen and oxygen atoms in total. The lowest BCUT2D eigenvalue weighted by molar-refractivity contribution is -0.277. The molecule has 0 saturated heterocycles. The molecule has 0 aliphatic rings. The van der Waals surface area contributed by atoms with Crippen molar-refractivity contribution in [3.8, 4) is 5.88 Å². The van der Waals surface area contributed by atoms with Gasteiger partial charge in [-0.3, -0.25) is 0 Å². The van der Waals surface area contributed by atoms with Crippen LogP contribution in [0.25, 0.3) is 0 Å². The summed E-state index contributed by atoms with van der Waals surface area (Å²) in [5.41, 5.74) is 2.21. The van der Waals surface area contributed by atoms with Crippen LogP contribution in [0.15, 0.2) is 11.1 Å². The standard InChI is InChI=1S/C8H7F6N3O3S/c9-7(10,11)4-3(1-15)2-17-6(20-8(12,13)14)5(4)21(16,18)19/h2H,1,15H2,(H2,16,18,19). The van der Waals surface area contributed by atoms with Gasteiger partial charge in [-0.15, -0.1) is 13.2 Å². The molecular weight excluding hydrogens is 332 g/mol. The molecule has 0 fully saturated rings. The van der Waals surface area contributed by atoms with E-state index in [0.29, 0.717) is 6.20 Å². The molecule has 0 radical (unpaired) electrons. The van der Waals surface area contributed by atoms with Gasteiger partial charge in [0.15, 0.2) is 4.90 Å². The Morgan fingerprint density at radius 2 is 1.71 bits per heavy atom. The number of halogens is 6. The monoisotopic (exact) mass is 339 g/mol. The maximum absolute atomic E-state index is 12.9. The van der Waals surface area contributed by atoms with Crippen LogP contribution >= 0.6 is 0 Å². The number of nitrogens with two attached hydrogens (primary N) is 2. The number of primary sulfonamides is 1. The Labute approximate surface area is 113 Å². The fraction of sp³-hybridized carbons (Fsp3) is 0.375. The molecule has 120 valence electrons. The molecule has 0 unspecified atom stereocenters. The van der Waals surface area contributed by atoms with Gasteiger partial charge < -0.3 is 10.5 Å². The summed E-state index contributed by atoms with van der Waals surface area (Å²) in [5, 5.41) is 4.54. The zero-order valence-electron chi connectivity index (χ0n) is 9.79. The van der Waals surface area contributed by atoms with E-state index < -0.39 is 51.0 Å². The molecule has 0 saturated carbocycles. The molecule has 0 aromatic carbocycles. The number of rotatable bonds is 3. The van der Waals surface area contributed by atoms with Gasteiger partial charge in [-0.2, -0.15) is 13.2 Å². The summed E-state index contributed by atoms with van der Waals surface area (Å²) < 4.78 is 101. The van der Waals surface area contributed by atoms with Crippen LogP contribution in [0, 0.1) is 0 Å². The molecule has 0 aliphatic carbocycles. The predicted octanol–water partition coefficient (Wildman–Crippen LogP) is 1.11. The number of sulfonamides is 1. The van der Waals surface area contributed by atoms with Gasteiger partial charge in [-0.25, -0.2) is 18.5 Å². The summed E-state index contributed by atoms with van der Waals surface area (Å²) in [4.78, 5) is 0.973. The third-order valence-electron chi connectivity index (χ3n) is 2.08.